The molecule has 0 saturated carbocycles. The Hall–Kier alpha value is -1.03. The molecule has 0 aliphatic rings. The lowest BCUT2D eigenvalue weighted by Gasteiger charge is -2.13. The van der Waals surface area contributed by atoms with Crippen LogP contribution in [0.3, 0.4) is 0 Å². The van der Waals surface area contributed by atoms with Crippen LogP contribution in [-0.4, -0.2) is 17.4 Å². The molecule has 0 amide bonds. The molecule has 4 heteroatoms. The van der Waals surface area contributed by atoms with Gasteiger partial charge in [0.25, 0.3) is 0 Å². The van der Waals surface area contributed by atoms with Crippen LogP contribution in [0.5, 0.6) is 0 Å². The molecule has 0 aliphatic heterocycles. The van der Waals surface area contributed by atoms with Crippen molar-refractivity contribution in [2.75, 3.05) is 0 Å². The summed E-state index contributed by atoms with van der Waals surface area (Å²) in [5.41, 5.74) is -0.370. The lowest BCUT2D eigenvalue weighted by Crippen LogP contribution is -2.29. The van der Waals surface area contributed by atoms with Gasteiger partial charge in [-0.3, -0.25) is 0 Å². The Balaban J connectivity index is 4.28. The molecule has 0 rings (SSSR count). The van der Waals surface area contributed by atoms with Crippen molar-refractivity contribution in [2.45, 2.75) is 19.2 Å². The van der Waals surface area contributed by atoms with E-state index in [2.05, 4.69) is 6.58 Å². The van der Waals surface area contributed by atoms with Crippen LogP contribution in [0.4, 0.5) is 13.2 Å². The molecule has 0 bridgehead atoms. The highest BCUT2D eigenvalue weighted by Crippen LogP contribution is 2.24. The lowest BCUT2D eigenvalue weighted by atomic mass is 10.1. The van der Waals surface area contributed by atoms with Gasteiger partial charge in [0.2, 0.25) is 0 Å². The first kappa shape index (κ1) is 12.0. The van der Waals surface area contributed by atoms with E-state index in [1.165, 1.54) is 6.08 Å². The minimum absolute atomic E-state index is 0.370. The van der Waals surface area contributed by atoms with Crippen LogP contribution < -0.4 is 0 Å². The molecule has 1 unspecified atom stereocenters. The van der Waals surface area contributed by atoms with E-state index in [0.29, 0.717) is 0 Å². The van der Waals surface area contributed by atoms with Gasteiger partial charge in [-0.25, -0.2) is 0 Å². The molecule has 74 valence electrons. The van der Waals surface area contributed by atoms with Crippen molar-refractivity contribution >= 4 is 0 Å². The van der Waals surface area contributed by atoms with Crippen molar-refractivity contribution in [1.82, 2.24) is 0 Å². The number of alkyl halides is 3. The van der Waals surface area contributed by atoms with Gasteiger partial charge in [-0.15, -0.1) is 0 Å². The molecule has 1 nitrogen and oxygen atoms in total. The summed E-state index contributed by atoms with van der Waals surface area (Å²) < 4.78 is 35.5. The smallest absolute Gasteiger partial charge is 0.379 e. The van der Waals surface area contributed by atoms with E-state index in [9.17, 15) is 13.2 Å². The molecule has 1 atom stereocenters. The summed E-state index contributed by atoms with van der Waals surface area (Å²) in [7, 11) is 0. The maximum absolute atomic E-state index is 11.8. The van der Waals surface area contributed by atoms with Crippen molar-refractivity contribution in [2.24, 2.45) is 0 Å². The Kier molecular flexibility index (Phi) is 4.48. The fourth-order valence-corrected chi connectivity index (χ4v) is 0.592. The third-order valence-electron chi connectivity index (χ3n) is 1.28. The maximum Gasteiger partial charge on any atom is 0.418 e. The highest BCUT2D eigenvalue weighted by atomic mass is 19.4. The fourth-order valence-electron chi connectivity index (χ4n) is 0.592. The van der Waals surface area contributed by atoms with Gasteiger partial charge in [0.05, 0.1) is 0 Å². The first-order chi connectivity index (χ1) is 5.89. The predicted molar refractivity (Wildman–Crippen MR) is 45.2 cm³/mol. The normalized spacial score (nSPS) is 15.5. The second-order valence-corrected chi connectivity index (χ2v) is 2.40. The van der Waals surface area contributed by atoms with Crippen LogP contribution in [0.2, 0.25) is 0 Å². The topological polar surface area (TPSA) is 20.2 Å². The highest BCUT2D eigenvalue weighted by Gasteiger charge is 2.39. The number of halogens is 3. The largest absolute Gasteiger partial charge is 0.418 e. The Morgan fingerprint density at radius 1 is 1.38 bits per heavy atom. The van der Waals surface area contributed by atoms with Crippen LogP contribution in [0.25, 0.3) is 0 Å². The van der Waals surface area contributed by atoms with E-state index < -0.39 is 12.3 Å². The molecule has 0 spiro atoms. The number of allylic oxidation sites excluding steroid dienone is 3. The SMILES string of the molecule is C=C(/C=C\C=C/C)C(O)C(F)(F)F. The average molecular weight is 192 g/mol. The first-order valence-electron chi connectivity index (χ1n) is 3.62. The Morgan fingerprint density at radius 3 is 2.31 bits per heavy atom. The molecule has 1 N–H and O–H groups in total. The minimum atomic E-state index is -4.64. The van der Waals surface area contributed by atoms with E-state index >= 15 is 0 Å². The Labute approximate surface area is 74.9 Å². The van der Waals surface area contributed by atoms with Crippen molar-refractivity contribution in [3.63, 3.8) is 0 Å². The van der Waals surface area contributed by atoms with E-state index in [1.807, 2.05) is 0 Å². The van der Waals surface area contributed by atoms with Gasteiger partial charge in [0, 0.05) is 0 Å². The molecular formula is C9H11F3O. The minimum Gasteiger partial charge on any atom is -0.379 e. The van der Waals surface area contributed by atoms with Crippen molar-refractivity contribution in [3.8, 4) is 0 Å². The molecular weight excluding hydrogens is 181 g/mol. The lowest BCUT2D eigenvalue weighted by molar-refractivity contribution is -0.190. The molecule has 0 radical (unpaired) electrons. The van der Waals surface area contributed by atoms with Gasteiger partial charge in [-0.2, -0.15) is 13.2 Å². The summed E-state index contributed by atoms with van der Waals surface area (Å²) in [5, 5.41) is 8.65. The second kappa shape index (κ2) is 4.87. The monoisotopic (exact) mass is 192 g/mol. The third-order valence-corrected chi connectivity index (χ3v) is 1.28. The number of hydrogen-bond acceptors (Lipinski definition) is 1. The maximum atomic E-state index is 11.8. The predicted octanol–water partition coefficient (Wildman–Crippen LogP) is 2.60. The van der Waals surface area contributed by atoms with E-state index in [0.717, 1.165) is 6.08 Å². The summed E-state index contributed by atoms with van der Waals surface area (Å²) in [6.07, 6.45) is -1.40. The number of hydrogen-bond donors (Lipinski definition) is 1. The molecule has 0 saturated heterocycles. The Bertz CT molecular complexity index is 226. The van der Waals surface area contributed by atoms with Gasteiger partial charge < -0.3 is 5.11 Å². The van der Waals surface area contributed by atoms with Crippen LogP contribution >= 0.6 is 0 Å². The zero-order chi connectivity index (χ0) is 10.5. The average Bonchev–Trinajstić information content (AvgIpc) is 2.01. The number of aliphatic hydroxyl groups is 1. The van der Waals surface area contributed by atoms with E-state index in [-0.39, 0.29) is 5.57 Å². The number of rotatable bonds is 3. The van der Waals surface area contributed by atoms with Gasteiger partial charge in [-0.1, -0.05) is 30.9 Å². The molecule has 0 heterocycles. The van der Waals surface area contributed by atoms with Crippen molar-refractivity contribution in [1.29, 1.82) is 0 Å². The van der Waals surface area contributed by atoms with Crippen molar-refractivity contribution in [3.05, 3.63) is 36.5 Å². The molecule has 13 heavy (non-hydrogen) atoms. The standard InChI is InChI=1S/C9H11F3O/c1-3-4-5-6-7(2)8(13)9(10,11)12/h3-6,8,13H,2H2,1H3/b4-3-,6-5-. The molecule has 0 aliphatic carbocycles. The molecule has 0 fully saturated rings. The third kappa shape index (κ3) is 4.52. The van der Waals surface area contributed by atoms with Gasteiger partial charge >= 0.3 is 6.18 Å². The van der Waals surface area contributed by atoms with Crippen LogP contribution in [0, 0.1) is 0 Å². The zero-order valence-corrected chi connectivity index (χ0v) is 7.17. The van der Waals surface area contributed by atoms with Crippen LogP contribution in [0.1, 0.15) is 6.92 Å². The summed E-state index contributed by atoms with van der Waals surface area (Å²) in [5.74, 6) is 0. The van der Waals surface area contributed by atoms with Gasteiger partial charge in [-0.05, 0) is 12.5 Å². The summed E-state index contributed by atoms with van der Waals surface area (Å²) in [6.45, 7) is 4.83. The number of aliphatic hydroxyl groups excluding tert-OH is 1. The van der Waals surface area contributed by atoms with Crippen LogP contribution in [-0.2, 0) is 0 Å². The first-order valence-corrected chi connectivity index (χ1v) is 3.62. The van der Waals surface area contributed by atoms with Crippen molar-refractivity contribution < 1.29 is 18.3 Å². The summed E-state index contributed by atoms with van der Waals surface area (Å²) >= 11 is 0. The second-order valence-electron chi connectivity index (χ2n) is 2.40. The summed E-state index contributed by atoms with van der Waals surface area (Å²) in [4.78, 5) is 0. The van der Waals surface area contributed by atoms with Crippen LogP contribution in [0.15, 0.2) is 36.5 Å². The Morgan fingerprint density at radius 2 is 1.92 bits per heavy atom. The van der Waals surface area contributed by atoms with Gasteiger partial charge in [0.1, 0.15) is 0 Å². The molecule has 0 aromatic carbocycles. The quantitative estimate of drug-likeness (QED) is 0.681. The highest BCUT2D eigenvalue weighted by molar-refractivity contribution is 5.23. The van der Waals surface area contributed by atoms with Gasteiger partial charge in [0.15, 0.2) is 6.10 Å². The fraction of sp³-hybridized carbons (Fsp3) is 0.333. The van der Waals surface area contributed by atoms with E-state index in [4.69, 9.17) is 5.11 Å². The molecule has 0 aromatic rings. The molecule has 0 aromatic heterocycles. The zero-order valence-electron chi connectivity index (χ0n) is 7.17. The summed E-state index contributed by atoms with van der Waals surface area (Å²) in [6, 6.07) is 0. The van der Waals surface area contributed by atoms with E-state index in [1.54, 1.807) is 19.1 Å².